The summed E-state index contributed by atoms with van der Waals surface area (Å²) in [5.41, 5.74) is 2.41. The van der Waals surface area contributed by atoms with Crippen molar-refractivity contribution in [3.63, 3.8) is 0 Å². The van der Waals surface area contributed by atoms with Crippen molar-refractivity contribution in [3.05, 3.63) is 29.8 Å². The van der Waals surface area contributed by atoms with Crippen LogP contribution in [0.25, 0.3) is 0 Å². The molecule has 1 heterocycles. The van der Waals surface area contributed by atoms with Crippen molar-refractivity contribution in [1.29, 1.82) is 0 Å². The summed E-state index contributed by atoms with van der Waals surface area (Å²) in [5, 5.41) is 0. The maximum absolute atomic E-state index is 5.40. The van der Waals surface area contributed by atoms with Gasteiger partial charge in [0, 0.05) is 0 Å². The van der Waals surface area contributed by atoms with Crippen molar-refractivity contribution >= 4 is 25.2 Å². The van der Waals surface area contributed by atoms with Crippen molar-refractivity contribution in [2.75, 3.05) is 19.0 Å². The van der Waals surface area contributed by atoms with Crippen molar-refractivity contribution in [2.45, 2.75) is 6.42 Å². The predicted molar refractivity (Wildman–Crippen MR) is 61.3 cm³/mol. The van der Waals surface area contributed by atoms with E-state index < -0.39 is 0 Å². The average molecular weight is 208 g/mol. The van der Waals surface area contributed by atoms with Crippen molar-refractivity contribution in [1.82, 2.24) is 0 Å². The molecule has 0 radical (unpaired) electrons. The molecule has 1 aliphatic rings. The molecular weight excluding hydrogens is 195 g/mol. The molecule has 0 spiro atoms. The van der Waals surface area contributed by atoms with Crippen LogP contribution < -0.4 is 5.46 Å². The second-order valence-corrected chi connectivity index (χ2v) is 3.74. The van der Waals surface area contributed by atoms with Crippen LogP contribution >= 0.6 is 12.6 Å². The minimum absolute atomic E-state index is 0.153. The summed E-state index contributed by atoms with van der Waals surface area (Å²) in [7, 11) is -0.153. The Labute approximate surface area is 90.2 Å². The van der Waals surface area contributed by atoms with Gasteiger partial charge in [-0.2, -0.15) is 12.6 Å². The van der Waals surface area contributed by atoms with E-state index in [1.807, 2.05) is 0 Å². The first kappa shape index (κ1) is 10.1. The Bertz CT molecular complexity index is 283. The first-order valence-electron chi connectivity index (χ1n) is 4.83. The van der Waals surface area contributed by atoms with Crippen LogP contribution in [-0.4, -0.2) is 26.1 Å². The fraction of sp³-hybridized carbons (Fsp3) is 0.400. The minimum Gasteiger partial charge on any atom is -0.405 e. The van der Waals surface area contributed by atoms with E-state index in [0.717, 1.165) is 17.6 Å². The third-order valence-electron chi connectivity index (χ3n) is 2.27. The summed E-state index contributed by atoms with van der Waals surface area (Å²) in [4.78, 5) is 0. The average Bonchev–Trinajstić information content (AvgIpc) is 2.72. The Morgan fingerprint density at radius 1 is 1.14 bits per heavy atom. The lowest BCUT2D eigenvalue weighted by Gasteiger charge is -2.04. The van der Waals surface area contributed by atoms with Crippen LogP contribution in [-0.2, 0) is 15.7 Å². The normalized spacial score (nSPS) is 16.2. The van der Waals surface area contributed by atoms with Crippen LogP contribution in [0.5, 0.6) is 0 Å². The Morgan fingerprint density at radius 3 is 2.36 bits per heavy atom. The summed E-state index contributed by atoms with van der Waals surface area (Å²) < 4.78 is 10.8. The van der Waals surface area contributed by atoms with Gasteiger partial charge in [0.2, 0.25) is 0 Å². The summed E-state index contributed by atoms with van der Waals surface area (Å²) in [6.45, 7) is 1.39. The molecule has 1 fully saturated rings. The quantitative estimate of drug-likeness (QED) is 0.587. The molecule has 74 valence electrons. The van der Waals surface area contributed by atoms with E-state index in [2.05, 4.69) is 36.9 Å². The summed E-state index contributed by atoms with van der Waals surface area (Å²) in [6.07, 6.45) is 1.01. The standard InChI is InChI=1S/C10H13BO2S/c14-8-5-9-1-3-10(4-2-9)11-12-6-7-13-11/h1-4,14H,5-8H2. The SMILES string of the molecule is SCCc1ccc(B2OCCO2)cc1. The van der Waals surface area contributed by atoms with E-state index in [0.29, 0.717) is 13.2 Å². The molecule has 1 aromatic carbocycles. The number of hydrogen-bond donors (Lipinski definition) is 1. The zero-order valence-electron chi connectivity index (χ0n) is 7.98. The van der Waals surface area contributed by atoms with Gasteiger partial charge in [-0.05, 0) is 23.2 Å². The van der Waals surface area contributed by atoms with Gasteiger partial charge in [-0.1, -0.05) is 24.3 Å². The molecule has 4 heteroatoms. The first-order chi connectivity index (χ1) is 6.90. The molecule has 0 aromatic heterocycles. The van der Waals surface area contributed by atoms with E-state index in [1.165, 1.54) is 5.56 Å². The smallest absolute Gasteiger partial charge is 0.405 e. The van der Waals surface area contributed by atoms with Gasteiger partial charge in [-0.15, -0.1) is 0 Å². The van der Waals surface area contributed by atoms with E-state index in [-0.39, 0.29) is 7.12 Å². The van der Waals surface area contributed by atoms with E-state index in [4.69, 9.17) is 9.31 Å². The van der Waals surface area contributed by atoms with Crippen LogP contribution in [0.1, 0.15) is 5.56 Å². The summed E-state index contributed by atoms with van der Waals surface area (Å²) in [6, 6.07) is 8.34. The molecular formula is C10H13BO2S. The molecule has 0 N–H and O–H groups in total. The van der Waals surface area contributed by atoms with Gasteiger partial charge in [0.1, 0.15) is 0 Å². The maximum Gasteiger partial charge on any atom is 0.494 e. The number of thiol groups is 1. The topological polar surface area (TPSA) is 18.5 Å². The second-order valence-electron chi connectivity index (χ2n) is 3.29. The molecule has 0 amide bonds. The molecule has 0 aliphatic carbocycles. The molecule has 2 rings (SSSR count). The molecule has 1 aromatic rings. The molecule has 0 bridgehead atoms. The highest BCUT2D eigenvalue weighted by atomic mass is 32.1. The lowest BCUT2D eigenvalue weighted by molar-refractivity contribution is 0.365. The Hall–Kier alpha value is -0.445. The number of benzene rings is 1. The number of hydrogen-bond acceptors (Lipinski definition) is 3. The molecule has 14 heavy (non-hydrogen) atoms. The summed E-state index contributed by atoms with van der Waals surface area (Å²) >= 11 is 4.20. The van der Waals surface area contributed by atoms with Crippen LogP contribution in [0.2, 0.25) is 0 Å². The van der Waals surface area contributed by atoms with Gasteiger partial charge in [0.15, 0.2) is 0 Å². The largest absolute Gasteiger partial charge is 0.494 e. The van der Waals surface area contributed by atoms with E-state index >= 15 is 0 Å². The fourth-order valence-corrected chi connectivity index (χ4v) is 1.78. The zero-order valence-corrected chi connectivity index (χ0v) is 8.87. The second kappa shape index (κ2) is 4.87. The lowest BCUT2D eigenvalue weighted by atomic mass is 9.79. The van der Waals surface area contributed by atoms with Crippen LogP contribution in [0, 0.1) is 0 Å². The van der Waals surface area contributed by atoms with Crippen LogP contribution in [0.15, 0.2) is 24.3 Å². The highest BCUT2D eigenvalue weighted by molar-refractivity contribution is 7.80. The Morgan fingerprint density at radius 2 is 1.79 bits per heavy atom. The lowest BCUT2D eigenvalue weighted by Crippen LogP contribution is -2.31. The number of aryl methyl sites for hydroxylation is 1. The van der Waals surface area contributed by atoms with Gasteiger partial charge < -0.3 is 9.31 Å². The highest BCUT2D eigenvalue weighted by Crippen LogP contribution is 2.04. The van der Waals surface area contributed by atoms with Gasteiger partial charge in [-0.3, -0.25) is 0 Å². The third-order valence-corrected chi connectivity index (χ3v) is 2.50. The van der Waals surface area contributed by atoms with Gasteiger partial charge in [0.25, 0.3) is 0 Å². The van der Waals surface area contributed by atoms with E-state index in [1.54, 1.807) is 0 Å². The zero-order chi connectivity index (χ0) is 9.80. The molecule has 0 saturated carbocycles. The first-order valence-corrected chi connectivity index (χ1v) is 5.46. The molecule has 1 saturated heterocycles. The minimum atomic E-state index is -0.153. The van der Waals surface area contributed by atoms with Crippen LogP contribution in [0.3, 0.4) is 0 Å². The Kier molecular flexibility index (Phi) is 3.51. The predicted octanol–water partition coefficient (Wildman–Crippen LogP) is 0.901. The van der Waals surface area contributed by atoms with Gasteiger partial charge >= 0.3 is 7.12 Å². The number of rotatable bonds is 3. The Balaban J connectivity index is 2.05. The highest BCUT2D eigenvalue weighted by Gasteiger charge is 2.25. The van der Waals surface area contributed by atoms with Crippen molar-refractivity contribution < 1.29 is 9.31 Å². The van der Waals surface area contributed by atoms with Crippen molar-refractivity contribution in [3.8, 4) is 0 Å². The fourth-order valence-electron chi connectivity index (χ4n) is 1.52. The molecule has 1 aliphatic heterocycles. The molecule has 2 nitrogen and oxygen atoms in total. The monoisotopic (exact) mass is 208 g/mol. The van der Waals surface area contributed by atoms with E-state index in [9.17, 15) is 0 Å². The van der Waals surface area contributed by atoms with Crippen LogP contribution in [0.4, 0.5) is 0 Å². The molecule has 0 atom stereocenters. The van der Waals surface area contributed by atoms with Gasteiger partial charge in [-0.25, -0.2) is 0 Å². The summed E-state index contributed by atoms with van der Waals surface area (Å²) in [5.74, 6) is 0.885. The molecule has 0 unspecified atom stereocenters. The maximum atomic E-state index is 5.40. The van der Waals surface area contributed by atoms with Gasteiger partial charge in [0.05, 0.1) is 13.2 Å². The third kappa shape index (κ3) is 2.32. The van der Waals surface area contributed by atoms with Crippen molar-refractivity contribution in [2.24, 2.45) is 0 Å².